The quantitative estimate of drug-likeness (QED) is 0.460. The van der Waals surface area contributed by atoms with E-state index < -0.39 is 0 Å². The summed E-state index contributed by atoms with van der Waals surface area (Å²) in [5, 5.41) is 0. The van der Waals surface area contributed by atoms with Crippen molar-refractivity contribution in [3.05, 3.63) is 0 Å². The number of nitrogens with zero attached hydrogens (tertiary/aromatic N) is 1. The van der Waals surface area contributed by atoms with E-state index in [1.807, 2.05) is 6.92 Å². The largest absolute Gasteiger partial charge is 0.457 e. The molecule has 2 atom stereocenters. The van der Waals surface area contributed by atoms with Crippen molar-refractivity contribution in [2.45, 2.75) is 60.0 Å². The van der Waals surface area contributed by atoms with Crippen LogP contribution in [0.1, 0.15) is 53.9 Å². The zero-order valence-corrected chi connectivity index (χ0v) is 12.3. The first kappa shape index (κ1) is 16.4. The van der Waals surface area contributed by atoms with Crippen LogP contribution in [0.3, 0.4) is 0 Å². The van der Waals surface area contributed by atoms with Crippen molar-refractivity contribution in [1.29, 1.82) is 0 Å². The van der Waals surface area contributed by atoms with E-state index >= 15 is 0 Å². The van der Waals surface area contributed by atoms with Gasteiger partial charge in [0.25, 0.3) is 0 Å². The Morgan fingerprint density at radius 3 is 2.24 bits per heavy atom. The van der Waals surface area contributed by atoms with E-state index in [4.69, 9.17) is 4.74 Å². The van der Waals surface area contributed by atoms with Gasteiger partial charge >= 0.3 is 5.97 Å². The molecule has 0 heterocycles. The van der Waals surface area contributed by atoms with Crippen molar-refractivity contribution in [2.75, 3.05) is 26.2 Å². The van der Waals surface area contributed by atoms with Crippen molar-refractivity contribution < 1.29 is 14.0 Å². The lowest BCUT2D eigenvalue weighted by atomic mass is 10.2. The maximum atomic E-state index is 11.0. The standard InChI is InChI=1S/C14H30NO2/c1-6-9-11-15(8-3,10-7-2)12-13(4)17-14(5)16/h13H,6-12H2,1-5H3/q+1. The molecule has 0 saturated carbocycles. The number of likely N-dealkylation sites (N-methyl/N-ethyl adjacent to an activating group) is 1. The second-order valence-electron chi connectivity index (χ2n) is 5.06. The zero-order valence-electron chi connectivity index (χ0n) is 12.3. The molecule has 0 aliphatic rings. The first-order chi connectivity index (χ1) is 7.99. The van der Waals surface area contributed by atoms with Gasteiger partial charge in [0.05, 0.1) is 19.6 Å². The second-order valence-corrected chi connectivity index (χ2v) is 5.06. The number of ether oxygens (including phenoxy) is 1. The molecule has 0 saturated heterocycles. The molecule has 0 aromatic rings. The monoisotopic (exact) mass is 244 g/mol. The van der Waals surface area contributed by atoms with Crippen LogP contribution in [0, 0.1) is 0 Å². The predicted octanol–water partition coefficient (Wildman–Crippen LogP) is 2.98. The topological polar surface area (TPSA) is 26.3 Å². The lowest BCUT2D eigenvalue weighted by molar-refractivity contribution is -0.929. The van der Waals surface area contributed by atoms with E-state index in [9.17, 15) is 4.79 Å². The molecule has 0 N–H and O–H groups in total. The van der Waals surface area contributed by atoms with Gasteiger partial charge in [0.1, 0.15) is 12.6 Å². The second kappa shape index (κ2) is 8.51. The molecule has 2 unspecified atom stereocenters. The summed E-state index contributed by atoms with van der Waals surface area (Å²) in [6.07, 6.45) is 3.69. The average Bonchev–Trinajstić information content (AvgIpc) is 2.25. The van der Waals surface area contributed by atoms with E-state index in [-0.39, 0.29) is 12.1 Å². The van der Waals surface area contributed by atoms with Crippen LogP contribution in [0.4, 0.5) is 0 Å². The van der Waals surface area contributed by atoms with Gasteiger partial charge in [-0.15, -0.1) is 0 Å². The molecular formula is C14H30NO2+. The Kier molecular flexibility index (Phi) is 8.23. The molecular weight excluding hydrogens is 214 g/mol. The Hall–Kier alpha value is -0.570. The smallest absolute Gasteiger partial charge is 0.303 e. The summed E-state index contributed by atoms with van der Waals surface area (Å²) in [5.74, 6) is -0.168. The fourth-order valence-electron chi connectivity index (χ4n) is 2.57. The van der Waals surface area contributed by atoms with E-state index in [0.29, 0.717) is 0 Å². The highest BCUT2D eigenvalue weighted by Gasteiger charge is 2.27. The summed E-state index contributed by atoms with van der Waals surface area (Å²) < 4.78 is 6.36. The lowest BCUT2D eigenvalue weighted by Gasteiger charge is -2.39. The molecule has 0 aromatic carbocycles. The minimum absolute atomic E-state index is 0.0239. The number of quaternary nitrogens is 1. The SMILES string of the molecule is CCCC[N+](CC)(CCC)CC(C)OC(C)=O. The third-order valence-electron chi connectivity index (χ3n) is 3.37. The Morgan fingerprint density at radius 2 is 1.82 bits per heavy atom. The fraction of sp³-hybridized carbons (Fsp3) is 0.929. The maximum absolute atomic E-state index is 11.0. The predicted molar refractivity (Wildman–Crippen MR) is 71.8 cm³/mol. The van der Waals surface area contributed by atoms with Crippen LogP contribution in [0.25, 0.3) is 0 Å². The highest BCUT2D eigenvalue weighted by atomic mass is 16.5. The number of carbonyl (C=O) groups excluding carboxylic acids is 1. The van der Waals surface area contributed by atoms with Crippen molar-refractivity contribution in [1.82, 2.24) is 0 Å². The molecule has 0 radical (unpaired) electrons. The first-order valence-corrected chi connectivity index (χ1v) is 7.02. The molecule has 3 nitrogen and oxygen atoms in total. The highest BCUT2D eigenvalue weighted by molar-refractivity contribution is 5.66. The molecule has 102 valence electrons. The number of hydrogen-bond acceptors (Lipinski definition) is 2. The van der Waals surface area contributed by atoms with Crippen LogP contribution in [-0.4, -0.2) is 42.7 Å². The molecule has 3 heteroatoms. The molecule has 0 spiro atoms. The third kappa shape index (κ3) is 6.67. The number of esters is 1. The van der Waals surface area contributed by atoms with Gasteiger partial charge in [-0.2, -0.15) is 0 Å². The summed E-state index contributed by atoms with van der Waals surface area (Å²) in [5.41, 5.74) is 0. The summed E-state index contributed by atoms with van der Waals surface area (Å²) in [6.45, 7) is 14.6. The Morgan fingerprint density at radius 1 is 1.18 bits per heavy atom. The molecule has 17 heavy (non-hydrogen) atoms. The molecule has 0 fully saturated rings. The normalized spacial score (nSPS) is 16.3. The first-order valence-electron chi connectivity index (χ1n) is 7.02. The van der Waals surface area contributed by atoms with Gasteiger partial charge < -0.3 is 9.22 Å². The van der Waals surface area contributed by atoms with Gasteiger partial charge in [-0.3, -0.25) is 4.79 Å². The summed E-state index contributed by atoms with van der Waals surface area (Å²) in [7, 11) is 0. The summed E-state index contributed by atoms with van der Waals surface area (Å²) in [4.78, 5) is 11.0. The van der Waals surface area contributed by atoms with Crippen molar-refractivity contribution in [3.63, 3.8) is 0 Å². The van der Waals surface area contributed by atoms with Crippen LogP contribution in [-0.2, 0) is 9.53 Å². The molecule has 0 aliphatic heterocycles. The third-order valence-corrected chi connectivity index (χ3v) is 3.37. The van der Waals surface area contributed by atoms with Gasteiger partial charge in [0, 0.05) is 6.92 Å². The van der Waals surface area contributed by atoms with E-state index in [0.717, 1.165) is 17.6 Å². The number of hydrogen-bond donors (Lipinski definition) is 0. The van der Waals surface area contributed by atoms with Crippen molar-refractivity contribution in [2.24, 2.45) is 0 Å². The van der Waals surface area contributed by atoms with Crippen LogP contribution in [0.2, 0.25) is 0 Å². The summed E-state index contributed by atoms with van der Waals surface area (Å²) in [6, 6.07) is 0. The van der Waals surface area contributed by atoms with Gasteiger partial charge in [0.15, 0.2) is 0 Å². The van der Waals surface area contributed by atoms with Crippen LogP contribution >= 0.6 is 0 Å². The maximum Gasteiger partial charge on any atom is 0.303 e. The Labute approximate surface area is 107 Å². The van der Waals surface area contributed by atoms with Gasteiger partial charge in [-0.05, 0) is 26.7 Å². The number of rotatable bonds is 9. The number of carbonyl (C=O) groups is 1. The molecule has 0 aromatic heterocycles. The van der Waals surface area contributed by atoms with E-state index in [2.05, 4.69) is 20.8 Å². The minimum Gasteiger partial charge on any atom is -0.457 e. The van der Waals surface area contributed by atoms with Crippen molar-refractivity contribution >= 4 is 5.97 Å². The zero-order chi connectivity index (χ0) is 13.3. The molecule has 0 amide bonds. The lowest BCUT2D eigenvalue weighted by Crippen LogP contribution is -2.53. The minimum atomic E-state index is -0.168. The highest BCUT2D eigenvalue weighted by Crippen LogP contribution is 2.13. The Balaban J connectivity index is 4.47. The number of unbranched alkanes of at least 4 members (excludes halogenated alkanes) is 1. The van der Waals surface area contributed by atoms with E-state index in [1.54, 1.807) is 0 Å². The summed E-state index contributed by atoms with van der Waals surface area (Å²) >= 11 is 0. The Bertz CT molecular complexity index is 218. The molecule has 0 bridgehead atoms. The van der Waals surface area contributed by atoms with Crippen LogP contribution in [0.5, 0.6) is 0 Å². The van der Waals surface area contributed by atoms with Gasteiger partial charge in [0.2, 0.25) is 0 Å². The van der Waals surface area contributed by atoms with Crippen LogP contribution in [0.15, 0.2) is 0 Å². The fourth-order valence-corrected chi connectivity index (χ4v) is 2.57. The molecule has 0 rings (SSSR count). The van der Waals surface area contributed by atoms with Crippen LogP contribution < -0.4 is 0 Å². The van der Waals surface area contributed by atoms with Crippen molar-refractivity contribution in [3.8, 4) is 0 Å². The van der Waals surface area contributed by atoms with Gasteiger partial charge in [-0.25, -0.2) is 0 Å². The molecule has 0 aliphatic carbocycles. The van der Waals surface area contributed by atoms with E-state index in [1.165, 1.54) is 39.3 Å². The average molecular weight is 244 g/mol. The van der Waals surface area contributed by atoms with Gasteiger partial charge in [-0.1, -0.05) is 20.3 Å².